The van der Waals surface area contributed by atoms with Crippen molar-refractivity contribution >= 4 is 41.5 Å². The lowest BCUT2D eigenvalue weighted by Gasteiger charge is -2.26. The van der Waals surface area contributed by atoms with Crippen LogP contribution in [0.4, 0.5) is 0 Å². The van der Waals surface area contributed by atoms with Crippen molar-refractivity contribution < 1.29 is 39.0 Å². The summed E-state index contributed by atoms with van der Waals surface area (Å²) in [5.41, 5.74) is 26.2. The van der Waals surface area contributed by atoms with E-state index in [0.717, 1.165) is 6.92 Å². The summed E-state index contributed by atoms with van der Waals surface area (Å²) in [6, 6.07) is -5.81. The molecule has 0 fully saturated rings. The maximum atomic E-state index is 12.9. The average Bonchev–Trinajstić information content (AvgIpc) is 2.75. The second-order valence-electron chi connectivity index (χ2n) is 7.92. The topological polar surface area (TPSA) is 321 Å². The summed E-state index contributed by atoms with van der Waals surface area (Å²) in [5, 5.41) is 25.8. The lowest BCUT2D eigenvalue weighted by Crippen LogP contribution is -2.60. The number of aliphatic carboxylic acids is 1. The number of hydrogen-bond acceptors (Lipinski definition) is 9. The molecule has 0 aromatic heterocycles. The molecule has 0 spiro atoms. The monoisotopic (exact) mass is 517 g/mol. The van der Waals surface area contributed by atoms with Gasteiger partial charge in [-0.2, -0.15) is 0 Å². The molecule has 0 rings (SSSR count). The molecule has 0 saturated heterocycles. The maximum absolute atomic E-state index is 12.9. The van der Waals surface area contributed by atoms with Crippen LogP contribution in [0.3, 0.4) is 0 Å². The summed E-state index contributed by atoms with van der Waals surface area (Å²) in [7, 11) is 0. The van der Waals surface area contributed by atoms with Gasteiger partial charge in [-0.25, -0.2) is 4.79 Å². The molecule has 0 aromatic rings. The highest BCUT2D eigenvalue weighted by Gasteiger charge is 2.33. The van der Waals surface area contributed by atoms with Gasteiger partial charge in [0.25, 0.3) is 0 Å². The largest absolute Gasteiger partial charge is 0.480 e. The number of guanidine groups is 1. The van der Waals surface area contributed by atoms with Gasteiger partial charge in [-0.15, -0.1) is 0 Å². The Hall–Kier alpha value is -3.99. The zero-order valence-electron chi connectivity index (χ0n) is 19.8. The first-order chi connectivity index (χ1) is 16.6. The number of carbonyl (C=O) groups excluding carboxylic acids is 5. The SMILES string of the molecule is CC(O)C(NC(=O)C(CCCN=C(N)N)NC(=O)C(N)CCC(N)=O)C(=O)NC(CC(N)=O)C(=O)O. The van der Waals surface area contributed by atoms with Crippen molar-refractivity contribution in [1.82, 2.24) is 16.0 Å². The molecular formula is C19H35N9O8. The molecule has 0 aliphatic heterocycles. The third-order valence-electron chi connectivity index (χ3n) is 4.70. The van der Waals surface area contributed by atoms with Crippen LogP contribution in [0.15, 0.2) is 4.99 Å². The number of aliphatic imine (C=N–C) groups is 1. The van der Waals surface area contributed by atoms with Crippen LogP contribution in [0.5, 0.6) is 0 Å². The summed E-state index contributed by atoms with van der Waals surface area (Å²) in [5.74, 6) is -6.25. The van der Waals surface area contributed by atoms with E-state index in [1.165, 1.54) is 0 Å². The second-order valence-corrected chi connectivity index (χ2v) is 7.92. The number of carboxylic acids is 1. The number of aliphatic hydroxyl groups is 1. The van der Waals surface area contributed by atoms with Crippen LogP contribution in [0, 0.1) is 0 Å². The molecule has 5 unspecified atom stereocenters. The zero-order valence-corrected chi connectivity index (χ0v) is 19.8. The van der Waals surface area contributed by atoms with Crippen LogP contribution < -0.4 is 44.6 Å². The maximum Gasteiger partial charge on any atom is 0.326 e. The zero-order chi connectivity index (χ0) is 28.0. The first-order valence-electron chi connectivity index (χ1n) is 10.8. The van der Waals surface area contributed by atoms with Crippen molar-refractivity contribution in [3.63, 3.8) is 0 Å². The van der Waals surface area contributed by atoms with Crippen molar-refractivity contribution in [2.24, 2.45) is 33.7 Å². The molecule has 0 bridgehead atoms. The fourth-order valence-corrected chi connectivity index (χ4v) is 2.80. The Kier molecular flexibility index (Phi) is 14.1. The van der Waals surface area contributed by atoms with Crippen molar-refractivity contribution in [2.45, 2.75) is 69.3 Å². The molecule has 17 heteroatoms. The van der Waals surface area contributed by atoms with E-state index in [1.807, 2.05) is 5.32 Å². The Bertz CT molecular complexity index is 845. The Labute approximate surface area is 206 Å². The predicted molar refractivity (Wildman–Crippen MR) is 125 cm³/mol. The highest BCUT2D eigenvalue weighted by molar-refractivity contribution is 5.95. The van der Waals surface area contributed by atoms with Crippen LogP contribution in [-0.2, 0) is 28.8 Å². The van der Waals surface area contributed by atoms with Gasteiger partial charge in [-0.3, -0.25) is 29.0 Å². The first kappa shape index (κ1) is 32.0. The number of nitrogens with one attached hydrogen (secondary N) is 3. The van der Waals surface area contributed by atoms with E-state index in [2.05, 4.69) is 15.6 Å². The molecule has 5 amide bonds. The first-order valence-corrected chi connectivity index (χ1v) is 10.8. The van der Waals surface area contributed by atoms with E-state index in [4.69, 9.17) is 33.8 Å². The summed E-state index contributed by atoms with van der Waals surface area (Å²) in [6.45, 7) is 1.25. The molecule has 5 atom stereocenters. The van der Waals surface area contributed by atoms with E-state index in [-0.39, 0.29) is 38.2 Å². The normalized spacial score (nSPS) is 14.8. The Morgan fingerprint density at radius 2 is 1.42 bits per heavy atom. The fourth-order valence-electron chi connectivity index (χ4n) is 2.80. The van der Waals surface area contributed by atoms with Gasteiger partial charge >= 0.3 is 5.97 Å². The smallest absolute Gasteiger partial charge is 0.326 e. The van der Waals surface area contributed by atoms with Crippen LogP contribution in [-0.4, -0.2) is 88.5 Å². The molecule has 15 N–H and O–H groups in total. The molecule has 0 aliphatic rings. The van der Waals surface area contributed by atoms with Crippen molar-refractivity contribution in [3.05, 3.63) is 0 Å². The third kappa shape index (κ3) is 13.0. The lowest BCUT2D eigenvalue weighted by atomic mass is 10.1. The van der Waals surface area contributed by atoms with E-state index in [1.54, 1.807) is 0 Å². The van der Waals surface area contributed by atoms with Gasteiger partial charge in [0, 0.05) is 13.0 Å². The standard InChI is InChI=1S/C19H35N9O8/c1-8(29)14(17(34)27-11(18(35)36)7-13(22)31)28-16(33)10(3-2-6-25-19(23)24)26-15(32)9(20)4-5-12(21)30/h8-11,14,29H,2-7,20H2,1H3,(H2,21,30)(H2,22,31)(H,26,32)(H,27,34)(H,28,33)(H,35,36)(H4,23,24,25). The van der Waals surface area contributed by atoms with Gasteiger partial charge < -0.3 is 54.8 Å². The van der Waals surface area contributed by atoms with E-state index in [9.17, 15) is 33.9 Å². The van der Waals surface area contributed by atoms with Gasteiger partial charge in [0.15, 0.2) is 5.96 Å². The second kappa shape index (κ2) is 15.8. The van der Waals surface area contributed by atoms with Crippen molar-refractivity contribution in [1.29, 1.82) is 0 Å². The van der Waals surface area contributed by atoms with Crippen molar-refractivity contribution in [2.75, 3.05) is 6.54 Å². The van der Waals surface area contributed by atoms with Gasteiger partial charge in [-0.05, 0) is 26.2 Å². The number of primary amides is 2. The minimum Gasteiger partial charge on any atom is -0.480 e. The number of rotatable bonds is 17. The fraction of sp³-hybridized carbons (Fsp3) is 0.632. The molecule has 0 saturated carbocycles. The number of carboxylic acid groups (broad SMARTS) is 1. The lowest BCUT2D eigenvalue weighted by molar-refractivity contribution is -0.144. The van der Waals surface area contributed by atoms with Crippen LogP contribution in [0.2, 0.25) is 0 Å². The Balaban J connectivity index is 5.55. The highest BCUT2D eigenvalue weighted by Crippen LogP contribution is 2.04. The molecule has 0 radical (unpaired) electrons. The summed E-state index contributed by atoms with van der Waals surface area (Å²) in [6.07, 6.45) is -2.31. The van der Waals surface area contributed by atoms with Crippen molar-refractivity contribution in [3.8, 4) is 0 Å². The summed E-state index contributed by atoms with van der Waals surface area (Å²) < 4.78 is 0. The minimum absolute atomic E-state index is 0.0233. The molecule has 36 heavy (non-hydrogen) atoms. The Morgan fingerprint density at radius 1 is 0.833 bits per heavy atom. The number of nitrogens with zero attached hydrogens (tertiary/aromatic N) is 1. The van der Waals surface area contributed by atoms with Gasteiger partial charge in [0.05, 0.1) is 18.6 Å². The number of carbonyl (C=O) groups is 6. The van der Waals surface area contributed by atoms with E-state index < -0.39 is 72.2 Å². The number of aliphatic hydroxyl groups excluding tert-OH is 1. The third-order valence-corrected chi connectivity index (χ3v) is 4.70. The summed E-state index contributed by atoms with van der Waals surface area (Å²) in [4.78, 5) is 74.9. The van der Waals surface area contributed by atoms with Crippen LogP contribution in [0.25, 0.3) is 0 Å². The summed E-state index contributed by atoms with van der Waals surface area (Å²) >= 11 is 0. The quantitative estimate of drug-likeness (QED) is 0.0492. The molecule has 0 heterocycles. The van der Waals surface area contributed by atoms with Crippen LogP contribution in [0.1, 0.15) is 39.0 Å². The Morgan fingerprint density at radius 3 is 1.89 bits per heavy atom. The van der Waals surface area contributed by atoms with Gasteiger partial charge in [0.1, 0.15) is 18.1 Å². The van der Waals surface area contributed by atoms with Crippen LogP contribution >= 0.6 is 0 Å². The number of nitrogens with two attached hydrogens (primary N) is 5. The van der Waals surface area contributed by atoms with E-state index in [0.29, 0.717) is 0 Å². The number of hydrogen-bond donors (Lipinski definition) is 10. The minimum atomic E-state index is -1.70. The molecule has 17 nitrogen and oxygen atoms in total. The molecule has 204 valence electrons. The highest BCUT2D eigenvalue weighted by atomic mass is 16.4. The molecule has 0 aliphatic carbocycles. The predicted octanol–water partition coefficient (Wildman–Crippen LogP) is -5.57. The van der Waals surface area contributed by atoms with Gasteiger partial charge in [0.2, 0.25) is 29.5 Å². The van der Waals surface area contributed by atoms with Gasteiger partial charge in [-0.1, -0.05) is 0 Å². The van der Waals surface area contributed by atoms with E-state index >= 15 is 0 Å². The average molecular weight is 518 g/mol. The molecule has 0 aromatic carbocycles. The molecular weight excluding hydrogens is 482 g/mol. The number of amides is 5.